The maximum Gasteiger partial charge on any atom is 0.0934 e. The Hall–Kier alpha value is -1.48. The number of nitrogens with one attached hydrogen (secondary N) is 1. The molecule has 1 unspecified atom stereocenters. The van der Waals surface area contributed by atoms with Gasteiger partial charge in [-0.3, -0.25) is 9.97 Å². The Labute approximate surface area is 120 Å². The molecule has 1 aliphatic carbocycles. The molecule has 0 bridgehead atoms. The first kappa shape index (κ1) is 13.5. The number of rotatable bonds is 7. The molecule has 3 heteroatoms. The van der Waals surface area contributed by atoms with Crippen molar-refractivity contribution < 1.29 is 0 Å². The van der Waals surface area contributed by atoms with E-state index in [0.717, 1.165) is 29.9 Å². The predicted molar refractivity (Wildman–Crippen MR) is 82.5 cm³/mol. The van der Waals surface area contributed by atoms with Crippen LogP contribution in [-0.4, -0.2) is 16.5 Å². The van der Waals surface area contributed by atoms with Gasteiger partial charge in [0.2, 0.25) is 0 Å². The van der Waals surface area contributed by atoms with Gasteiger partial charge in [-0.25, -0.2) is 0 Å². The summed E-state index contributed by atoms with van der Waals surface area (Å²) in [7, 11) is 0. The van der Waals surface area contributed by atoms with Gasteiger partial charge >= 0.3 is 0 Å². The second kappa shape index (κ2) is 6.31. The number of aromatic nitrogens is 2. The van der Waals surface area contributed by atoms with Crippen LogP contribution in [0.3, 0.4) is 0 Å². The number of para-hydroxylation sites is 1. The summed E-state index contributed by atoms with van der Waals surface area (Å²) in [6.45, 7) is 3.28. The number of hydrogen-bond donors (Lipinski definition) is 1. The minimum Gasteiger partial charge on any atom is -0.310 e. The van der Waals surface area contributed by atoms with E-state index in [0.29, 0.717) is 6.04 Å². The van der Waals surface area contributed by atoms with Gasteiger partial charge in [0.15, 0.2) is 0 Å². The lowest BCUT2D eigenvalue weighted by molar-refractivity contribution is 0.472. The zero-order valence-corrected chi connectivity index (χ0v) is 12.2. The van der Waals surface area contributed by atoms with Crippen molar-refractivity contribution in [3.8, 4) is 0 Å². The monoisotopic (exact) mass is 269 g/mol. The van der Waals surface area contributed by atoms with Crippen molar-refractivity contribution in [3.05, 3.63) is 36.2 Å². The third kappa shape index (κ3) is 3.15. The average Bonchev–Trinajstić information content (AvgIpc) is 3.31. The van der Waals surface area contributed by atoms with E-state index in [1.54, 1.807) is 12.4 Å². The topological polar surface area (TPSA) is 37.8 Å². The predicted octanol–water partition coefficient (Wildman–Crippen LogP) is 3.86. The van der Waals surface area contributed by atoms with Crippen LogP contribution in [0.4, 0.5) is 0 Å². The molecule has 0 amide bonds. The van der Waals surface area contributed by atoms with E-state index >= 15 is 0 Å². The van der Waals surface area contributed by atoms with E-state index in [1.165, 1.54) is 31.2 Å². The largest absolute Gasteiger partial charge is 0.310 e. The molecule has 1 fully saturated rings. The Morgan fingerprint density at radius 2 is 2.10 bits per heavy atom. The van der Waals surface area contributed by atoms with Crippen LogP contribution >= 0.6 is 0 Å². The van der Waals surface area contributed by atoms with Crippen molar-refractivity contribution in [1.29, 1.82) is 0 Å². The molecular weight excluding hydrogens is 246 g/mol. The van der Waals surface area contributed by atoms with Crippen LogP contribution in [0.2, 0.25) is 0 Å². The van der Waals surface area contributed by atoms with Crippen molar-refractivity contribution in [3.63, 3.8) is 0 Å². The smallest absolute Gasteiger partial charge is 0.0934 e. The van der Waals surface area contributed by atoms with Gasteiger partial charge in [0.25, 0.3) is 0 Å². The molecular formula is C17H23N3. The van der Waals surface area contributed by atoms with E-state index in [4.69, 9.17) is 0 Å². The van der Waals surface area contributed by atoms with Gasteiger partial charge < -0.3 is 5.32 Å². The molecule has 1 aromatic heterocycles. The molecule has 1 saturated carbocycles. The highest BCUT2D eigenvalue weighted by molar-refractivity contribution is 5.78. The standard InChI is InChI=1S/C17H23N3/c1-2-10-18-15(9-8-13-6-7-13)14-4-3-5-16-17(14)20-12-11-19-16/h3-5,11-13,15,18H,2,6-10H2,1H3. The Bertz CT molecular complexity index is 558. The average molecular weight is 269 g/mol. The van der Waals surface area contributed by atoms with Crippen LogP contribution in [0, 0.1) is 5.92 Å². The van der Waals surface area contributed by atoms with Gasteiger partial charge in [0.05, 0.1) is 11.0 Å². The van der Waals surface area contributed by atoms with Gasteiger partial charge in [-0.15, -0.1) is 0 Å². The Balaban J connectivity index is 1.85. The van der Waals surface area contributed by atoms with E-state index in [9.17, 15) is 0 Å². The van der Waals surface area contributed by atoms with Crippen molar-refractivity contribution >= 4 is 11.0 Å². The summed E-state index contributed by atoms with van der Waals surface area (Å²) in [5, 5.41) is 3.69. The van der Waals surface area contributed by atoms with Crippen molar-refractivity contribution in [2.75, 3.05) is 6.54 Å². The molecule has 1 heterocycles. The zero-order chi connectivity index (χ0) is 13.8. The second-order valence-corrected chi connectivity index (χ2v) is 5.80. The molecule has 0 aliphatic heterocycles. The van der Waals surface area contributed by atoms with Gasteiger partial charge in [-0.2, -0.15) is 0 Å². The first-order valence-corrected chi connectivity index (χ1v) is 7.81. The fraction of sp³-hybridized carbons (Fsp3) is 0.529. The number of benzene rings is 1. The van der Waals surface area contributed by atoms with Gasteiger partial charge in [0.1, 0.15) is 0 Å². The van der Waals surface area contributed by atoms with Crippen LogP contribution in [0.5, 0.6) is 0 Å². The molecule has 1 aliphatic rings. The van der Waals surface area contributed by atoms with Gasteiger partial charge in [0, 0.05) is 18.4 Å². The number of fused-ring (bicyclic) bond motifs is 1. The fourth-order valence-electron chi connectivity index (χ4n) is 2.79. The first-order chi connectivity index (χ1) is 9.88. The molecule has 20 heavy (non-hydrogen) atoms. The van der Waals surface area contributed by atoms with E-state index in [2.05, 4.69) is 34.3 Å². The molecule has 3 rings (SSSR count). The lowest BCUT2D eigenvalue weighted by Crippen LogP contribution is -2.22. The molecule has 1 N–H and O–H groups in total. The van der Waals surface area contributed by atoms with Crippen LogP contribution in [0.1, 0.15) is 50.6 Å². The maximum atomic E-state index is 4.55. The normalized spacial score (nSPS) is 16.4. The van der Waals surface area contributed by atoms with Crippen LogP contribution in [0.15, 0.2) is 30.6 Å². The maximum absolute atomic E-state index is 4.55. The summed E-state index contributed by atoms with van der Waals surface area (Å²) < 4.78 is 0. The minimum absolute atomic E-state index is 0.413. The highest BCUT2D eigenvalue weighted by Crippen LogP contribution is 2.36. The molecule has 2 aromatic rings. The first-order valence-electron chi connectivity index (χ1n) is 7.81. The third-order valence-corrected chi connectivity index (χ3v) is 4.11. The highest BCUT2D eigenvalue weighted by Gasteiger charge is 2.23. The molecule has 106 valence electrons. The van der Waals surface area contributed by atoms with E-state index in [-0.39, 0.29) is 0 Å². The lowest BCUT2D eigenvalue weighted by Gasteiger charge is -2.20. The Morgan fingerprint density at radius 3 is 2.90 bits per heavy atom. The molecule has 0 spiro atoms. The Morgan fingerprint density at radius 1 is 1.25 bits per heavy atom. The molecule has 0 saturated heterocycles. The SMILES string of the molecule is CCCNC(CCC1CC1)c1cccc2nccnc12. The van der Waals surface area contributed by atoms with Crippen molar-refractivity contribution in [2.45, 2.75) is 45.1 Å². The van der Waals surface area contributed by atoms with Crippen LogP contribution in [0.25, 0.3) is 11.0 Å². The van der Waals surface area contributed by atoms with Crippen LogP contribution in [-0.2, 0) is 0 Å². The summed E-state index contributed by atoms with van der Waals surface area (Å²) >= 11 is 0. The number of nitrogens with zero attached hydrogens (tertiary/aromatic N) is 2. The van der Waals surface area contributed by atoms with Gasteiger partial charge in [-0.05, 0) is 43.4 Å². The summed E-state index contributed by atoms with van der Waals surface area (Å²) in [6, 6.07) is 6.77. The Kier molecular flexibility index (Phi) is 4.26. The summed E-state index contributed by atoms with van der Waals surface area (Å²) in [6.07, 6.45) is 10.1. The second-order valence-electron chi connectivity index (χ2n) is 5.80. The third-order valence-electron chi connectivity index (χ3n) is 4.11. The van der Waals surface area contributed by atoms with E-state index < -0.39 is 0 Å². The summed E-state index contributed by atoms with van der Waals surface area (Å²) in [5.74, 6) is 0.974. The zero-order valence-electron chi connectivity index (χ0n) is 12.2. The highest BCUT2D eigenvalue weighted by atomic mass is 14.9. The van der Waals surface area contributed by atoms with Gasteiger partial charge in [-0.1, -0.05) is 31.9 Å². The summed E-state index contributed by atoms with van der Waals surface area (Å²) in [5.41, 5.74) is 3.36. The van der Waals surface area contributed by atoms with Crippen LogP contribution < -0.4 is 5.32 Å². The molecule has 3 nitrogen and oxygen atoms in total. The molecule has 1 atom stereocenters. The quantitative estimate of drug-likeness (QED) is 0.829. The lowest BCUT2D eigenvalue weighted by atomic mass is 9.98. The van der Waals surface area contributed by atoms with Crippen molar-refractivity contribution in [1.82, 2.24) is 15.3 Å². The summed E-state index contributed by atoms with van der Waals surface area (Å²) in [4.78, 5) is 8.97. The van der Waals surface area contributed by atoms with E-state index in [1.807, 2.05) is 6.07 Å². The molecule has 1 aromatic carbocycles. The molecule has 0 radical (unpaired) electrons. The minimum atomic E-state index is 0.413. The fourth-order valence-corrected chi connectivity index (χ4v) is 2.79. The van der Waals surface area contributed by atoms with Crippen molar-refractivity contribution in [2.24, 2.45) is 5.92 Å². The number of hydrogen-bond acceptors (Lipinski definition) is 3.